The summed E-state index contributed by atoms with van der Waals surface area (Å²) < 4.78 is 16.8. The monoisotopic (exact) mass is 1370 g/mol. The van der Waals surface area contributed by atoms with Crippen molar-refractivity contribution >= 4 is 11.9 Å². The zero-order chi connectivity index (χ0) is 70.1. The number of unbranched alkanes of at least 4 members (excludes halogenated alkanes) is 56. The van der Waals surface area contributed by atoms with Gasteiger partial charge in [0.15, 0.2) is 6.29 Å². The number of carbonyl (C=O) groups is 2. The third-order valence-corrected chi connectivity index (χ3v) is 20.2. The van der Waals surface area contributed by atoms with Crippen molar-refractivity contribution in [1.82, 2.24) is 5.32 Å². The van der Waals surface area contributed by atoms with Crippen LogP contribution < -0.4 is 5.32 Å². The third kappa shape index (κ3) is 63.1. The van der Waals surface area contributed by atoms with Gasteiger partial charge in [-0.15, -0.1) is 0 Å². The van der Waals surface area contributed by atoms with Crippen LogP contribution >= 0.6 is 0 Å². The van der Waals surface area contributed by atoms with Gasteiger partial charge in [0.1, 0.15) is 24.4 Å². The predicted octanol–water partition coefficient (Wildman–Crippen LogP) is 23.4. The molecule has 1 rings (SSSR count). The zero-order valence-corrected chi connectivity index (χ0v) is 63.8. The molecule has 0 radical (unpaired) electrons. The van der Waals surface area contributed by atoms with Crippen LogP contribution in [0.3, 0.4) is 0 Å². The first-order valence-electron chi connectivity index (χ1n) is 42.4. The Labute approximate surface area is 599 Å². The summed E-state index contributed by atoms with van der Waals surface area (Å²) in [5, 5.41) is 54.7. The topological polar surface area (TPSA) is 175 Å². The number of nitrogens with one attached hydrogen (secondary N) is 1. The lowest BCUT2D eigenvalue weighted by molar-refractivity contribution is -0.302. The van der Waals surface area contributed by atoms with Gasteiger partial charge in [-0.1, -0.05) is 371 Å². The normalized spacial score (nSPS) is 17.5. The minimum atomic E-state index is -1.57. The van der Waals surface area contributed by atoms with Crippen molar-refractivity contribution < 1.29 is 49.3 Å². The molecule has 1 saturated heterocycles. The summed E-state index contributed by atoms with van der Waals surface area (Å²) in [5.74, 6) is -0.171. The van der Waals surface area contributed by atoms with E-state index < -0.39 is 49.5 Å². The molecule has 0 aliphatic carbocycles. The van der Waals surface area contributed by atoms with E-state index in [1.165, 1.54) is 334 Å². The largest absolute Gasteiger partial charge is 0.466 e. The number of amides is 1. The summed E-state index contributed by atoms with van der Waals surface area (Å²) >= 11 is 0. The highest BCUT2D eigenvalue weighted by molar-refractivity contribution is 5.76. The molecule has 11 heteroatoms. The fourth-order valence-corrected chi connectivity index (χ4v) is 13.5. The lowest BCUT2D eigenvalue weighted by atomic mass is 9.99. The molecular formula is C86H161NO10. The predicted molar refractivity (Wildman–Crippen MR) is 412 cm³/mol. The van der Waals surface area contributed by atoms with Crippen LogP contribution in [0.4, 0.5) is 0 Å². The second-order valence-corrected chi connectivity index (χ2v) is 29.5. The van der Waals surface area contributed by atoms with Crippen molar-refractivity contribution in [3.63, 3.8) is 0 Å². The molecular weight excluding hydrogens is 1210 g/mol. The molecule has 1 aliphatic rings. The maximum atomic E-state index is 13.1. The van der Waals surface area contributed by atoms with Crippen LogP contribution in [-0.4, -0.2) is 100 Å². The van der Waals surface area contributed by atoms with Gasteiger partial charge in [0.25, 0.3) is 0 Å². The van der Waals surface area contributed by atoms with Gasteiger partial charge in [-0.05, 0) is 89.9 Å². The van der Waals surface area contributed by atoms with Crippen molar-refractivity contribution in [3.05, 3.63) is 48.6 Å². The minimum Gasteiger partial charge on any atom is -0.466 e. The molecule has 6 N–H and O–H groups in total. The maximum absolute atomic E-state index is 13.1. The van der Waals surface area contributed by atoms with E-state index in [4.69, 9.17) is 14.2 Å². The third-order valence-electron chi connectivity index (χ3n) is 20.2. The van der Waals surface area contributed by atoms with Gasteiger partial charge in [0, 0.05) is 12.8 Å². The first kappa shape index (κ1) is 92.6. The SMILES string of the molecule is CCCCC/C=C\C/C=C\CCCCCCCC(=O)OCCCCCCCCCCCCCCCCCCCC/C=C\CCCCCCCCCCCCCCCCCCCC(=O)NC(COC1OC(CO)C(O)C(O)C1O)C(O)/C=C/CCCCCCCCCCCCCCC. The Morgan fingerprint density at radius 3 is 1.07 bits per heavy atom. The number of carbonyl (C=O) groups excluding carboxylic acids is 2. The minimum absolute atomic E-state index is 0.00318. The molecule has 1 fully saturated rings. The van der Waals surface area contributed by atoms with Gasteiger partial charge in [-0.25, -0.2) is 0 Å². The molecule has 0 aromatic carbocycles. The van der Waals surface area contributed by atoms with Gasteiger partial charge >= 0.3 is 5.97 Å². The van der Waals surface area contributed by atoms with Crippen LogP contribution in [0, 0.1) is 0 Å². The second-order valence-electron chi connectivity index (χ2n) is 29.5. The van der Waals surface area contributed by atoms with Crippen LogP contribution in [0.2, 0.25) is 0 Å². The van der Waals surface area contributed by atoms with E-state index in [-0.39, 0.29) is 18.5 Å². The van der Waals surface area contributed by atoms with Crippen molar-refractivity contribution in [3.8, 4) is 0 Å². The average molecular weight is 1370 g/mol. The summed E-state index contributed by atoms with van der Waals surface area (Å²) in [5.41, 5.74) is 0. The molecule has 0 bridgehead atoms. The highest BCUT2D eigenvalue weighted by Crippen LogP contribution is 2.24. The summed E-state index contributed by atoms with van der Waals surface area (Å²) in [4.78, 5) is 25.2. The fraction of sp³-hybridized carbons (Fsp3) is 0.884. The number of aliphatic hydroxyl groups excluding tert-OH is 5. The fourth-order valence-electron chi connectivity index (χ4n) is 13.5. The highest BCUT2D eigenvalue weighted by atomic mass is 16.7. The number of hydrogen-bond donors (Lipinski definition) is 6. The summed E-state index contributed by atoms with van der Waals surface area (Å²) in [6.45, 7) is 4.37. The maximum Gasteiger partial charge on any atom is 0.305 e. The van der Waals surface area contributed by atoms with Crippen LogP contribution in [0.15, 0.2) is 48.6 Å². The first-order chi connectivity index (χ1) is 47.7. The number of rotatable bonds is 76. The van der Waals surface area contributed by atoms with Crippen LogP contribution in [0.1, 0.15) is 425 Å². The van der Waals surface area contributed by atoms with E-state index in [0.717, 1.165) is 64.2 Å². The Balaban J connectivity index is 1.89. The molecule has 97 heavy (non-hydrogen) atoms. The van der Waals surface area contributed by atoms with Gasteiger partial charge < -0.3 is 45.1 Å². The lowest BCUT2D eigenvalue weighted by Crippen LogP contribution is -2.60. The van der Waals surface area contributed by atoms with E-state index in [0.29, 0.717) is 19.4 Å². The number of allylic oxidation sites excluding steroid dienone is 7. The van der Waals surface area contributed by atoms with Crippen molar-refractivity contribution in [2.75, 3.05) is 19.8 Å². The Kier molecular flexibility index (Phi) is 71.4. The standard InChI is InChI=1S/C86H161NO10/c1-3-5-7-9-11-13-15-17-44-48-52-56-60-64-68-72-79(89)78(77-96-86-85(94)84(93)83(92)80(76-88)97-86)87-81(90)73-69-65-61-57-53-49-46-42-40-38-36-34-32-30-28-26-24-22-20-19-21-23-25-27-29-31-33-35-37-39-41-43-47-51-55-59-63-67-71-75-95-82(91)74-70-66-62-58-54-50-45-18-16-14-12-10-8-6-4-2/h12,14,18-20,45,68,72,78-80,83-86,88-89,92-94H,3-11,13,15-17,21-44,46-67,69-71,73-77H2,1-2H3,(H,87,90)/b14-12-,20-19-,45-18-,72-68+. The zero-order valence-electron chi connectivity index (χ0n) is 63.8. The van der Waals surface area contributed by atoms with E-state index in [2.05, 4.69) is 55.6 Å². The van der Waals surface area contributed by atoms with Crippen molar-refractivity contribution in [1.29, 1.82) is 0 Å². The molecule has 0 aromatic rings. The average Bonchev–Trinajstić information content (AvgIpc) is 1.20. The van der Waals surface area contributed by atoms with E-state index in [1.807, 2.05) is 6.08 Å². The molecule has 1 amide bonds. The molecule has 1 aliphatic heterocycles. The van der Waals surface area contributed by atoms with E-state index in [1.54, 1.807) is 6.08 Å². The van der Waals surface area contributed by atoms with Crippen LogP contribution in [0.25, 0.3) is 0 Å². The van der Waals surface area contributed by atoms with Crippen molar-refractivity contribution in [2.45, 2.75) is 468 Å². The number of hydrogen-bond acceptors (Lipinski definition) is 10. The van der Waals surface area contributed by atoms with Crippen LogP contribution in [-0.2, 0) is 23.8 Å². The number of ether oxygens (including phenoxy) is 3. The highest BCUT2D eigenvalue weighted by Gasteiger charge is 2.44. The van der Waals surface area contributed by atoms with Crippen molar-refractivity contribution in [2.24, 2.45) is 0 Å². The smallest absolute Gasteiger partial charge is 0.305 e. The Bertz CT molecular complexity index is 1750. The number of esters is 1. The Morgan fingerprint density at radius 1 is 0.381 bits per heavy atom. The first-order valence-corrected chi connectivity index (χ1v) is 42.4. The lowest BCUT2D eigenvalue weighted by Gasteiger charge is -2.40. The summed E-state index contributed by atoms with van der Waals surface area (Å²) in [7, 11) is 0. The van der Waals surface area contributed by atoms with Crippen LogP contribution in [0.5, 0.6) is 0 Å². The van der Waals surface area contributed by atoms with E-state index in [9.17, 15) is 35.1 Å². The Hall–Kier alpha value is -2.38. The molecule has 0 aromatic heterocycles. The molecule has 11 nitrogen and oxygen atoms in total. The molecule has 7 unspecified atom stereocenters. The van der Waals surface area contributed by atoms with E-state index >= 15 is 0 Å². The molecule has 570 valence electrons. The van der Waals surface area contributed by atoms with Gasteiger partial charge in [-0.3, -0.25) is 9.59 Å². The molecule has 7 atom stereocenters. The molecule has 0 spiro atoms. The van der Waals surface area contributed by atoms with Gasteiger partial charge in [-0.2, -0.15) is 0 Å². The van der Waals surface area contributed by atoms with Gasteiger partial charge in [0.2, 0.25) is 5.91 Å². The Morgan fingerprint density at radius 2 is 0.691 bits per heavy atom. The summed E-state index contributed by atoms with van der Waals surface area (Å²) in [6, 6.07) is -0.808. The van der Waals surface area contributed by atoms with Gasteiger partial charge in [0.05, 0.1) is 32.0 Å². The number of aliphatic hydroxyl groups is 5. The quantitative estimate of drug-likeness (QED) is 0.0195. The molecule has 1 heterocycles. The summed E-state index contributed by atoms with van der Waals surface area (Å²) in [6.07, 6.45) is 90.1. The second kappa shape index (κ2) is 74.8. The molecule has 0 saturated carbocycles.